The highest BCUT2D eigenvalue weighted by Crippen LogP contribution is 2.23. The van der Waals surface area contributed by atoms with Crippen LogP contribution in [0.25, 0.3) is 0 Å². The number of likely N-dealkylation sites (tertiary alicyclic amines) is 1. The van der Waals surface area contributed by atoms with Gasteiger partial charge in [0.2, 0.25) is 5.91 Å². The molecule has 1 atom stereocenters. The number of halogens is 1. The highest BCUT2D eigenvalue weighted by atomic mass is 35.5. The van der Waals surface area contributed by atoms with Crippen LogP contribution in [0.2, 0.25) is 5.02 Å². The van der Waals surface area contributed by atoms with Gasteiger partial charge in [0.05, 0.1) is 13.7 Å². The van der Waals surface area contributed by atoms with Gasteiger partial charge in [-0.1, -0.05) is 24.6 Å². The summed E-state index contributed by atoms with van der Waals surface area (Å²) in [6.07, 6.45) is 1.48. The largest absolute Gasteiger partial charge is 0.496 e. The number of benzene rings is 1. The number of amides is 1. The minimum absolute atomic E-state index is 0.206. The predicted octanol–water partition coefficient (Wildman–Crippen LogP) is 2.41. The van der Waals surface area contributed by atoms with Crippen molar-refractivity contribution in [1.82, 2.24) is 15.5 Å². The number of guanidine groups is 1. The Labute approximate surface area is 154 Å². The lowest BCUT2D eigenvalue weighted by atomic mass is 10.2. The number of methoxy groups -OCH3 is 1. The molecule has 0 radical (unpaired) electrons. The molecule has 1 amide bonds. The van der Waals surface area contributed by atoms with E-state index in [0.717, 1.165) is 43.3 Å². The van der Waals surface area contributed by atoms with Crippen LogP contribution >= 0.6 is 11.6 Å². The maximum Gasteiger partial charge on any atom is 0.222 e. The SMILES string of the molecule is CCNC(=NCc1ccc(Cl)cc1OC)NC1CCN(C(=O)CC)C1. The fourth-order valence-electron chi connectivity index (χ4n) is 2.85. The van der Waals surface area contributed by atoms with E-state index in [1.54, 1.807) is 13.2 Å². The van der Waals surface area contributed by atoms with Crippen LogP contribution < -0.4 is 15.4 Å². The maximum atomic E-state index is 11.8. The summed E-state index contributed by atoms with van der Waals surface area (Å²) < 4.78 is 5.37. The summed E-state index contributed by atoms with van der Waals surface area (Å²) in [4.78, 5) is 18.4. The van der Waals surface area contributed by atoms with E-state index in [0.29, 0.717) is 18.0 Å². The lowest BCUT2D eigenvalue weighted by Gasteiger charge is -2.18. The first kappa shape index (κ1) is 19.4. The monoisotopic (exact) mass is 366 g/mol. The Morgan fingerprint density at radius 1 is 1.44 bits per heavy atom. The van der Waals surface area contributed by atoms with E-state index in [4.69, 9.17) is 16.3 Å². The molecule has 0 aliphatic carbocycles. The van der Waals surface area contributed by atoms with E-state index < -0.39 is 0 Å². The smallest absolute Gasteiger partial charge is 0.222 e. The summed E-state index contributed by atoms with van der Waals surface area (Å²) in [6.45, 7) is 6.71. The topological polar surface area (TPSA) is 66.0 Å². The molecule has 1 aliphatic heterocycles. The van der Waals surface area contributed by atoms with Gasteiger partial charge in [-0.05, 0) is 25.5 Å². The second-order valence-corrected chi connectivity index (χ2v) is 6.41. The molecule has 7 heteroatoms. The zero-order valence-electron chi connectivity index (χ0n) is 15.1. The molecule has 0 saturated carbocycles. The molecule has 2 rings (SSSR count). The van der Waals surface area contributed by atoms with Gasteiger partial charge >= 0.3 is 0 Å². The predicted molar refractivity (Wildman–Crippen MR) is 101 cm³/mol. The summed E-state index contributed by atoms with van der Waals surface area (Å²) in [7, 11) is 1.63. The van der Waals surface area contributed by atoms with E-state index in [-0.39, 0.29) is 11.9 Å². The molecule has 25 heavy (non-hydrogen) atoms. The Hall–Kier alpha value is -1.95. The zero-order chi connectivity index (χ0) is 18.2. The van der Waals surface area contributed by atoms with Crippen LogP contribution in [-0.4, -0.2) is 49.6 Å². The Morgan fingerprint density at radius 2 is 2.24 bits per heavy atom. The summed E-state index contributed by atoms with van der Waals surface area (Å²) >= 11 is 6.00. The average Bonchev–Trinajstić information content (AvgIpc) is 3.08. The first-order chi connectivity index (χ1) is 12.1. The number of carbonyl (C=O) groups excluding carboxylic acids is 1. The van der Waals surface area contributed by atoms with Crippen LogP contribution in [0.5, 0.6) is 5.75 Å². The molecule has 1 aromatic rings. The molecule has 138 valence electrons. The van der Waals surface area contributed by atoms with Gasteiger partial charge in [-0.15, -0.1) is 0 Å². The van der Waals surface area contributed by atoms with Gasteiger partial charge in [-0.3, -0.25) is 4.79 Å². The molecule has 1 unspecified atom stereocenters. The van der Waals surface area contributed by atoms with Gasteiger partial charge in [0, 0.05) is 42.7 Å². The van der Waals surface area contributed by atoms with E-state index in [9.17, 15) is 4.79 Å². The fourth-order valence-corrected chi connectivity index (χ4v) is 3.02. The molecular formula is C18H27ClN4O2. The molecular weight excluding hydrogens is 340 g/mol. The normalized spacial score (nSPS) is 17.5. The number of nitrogens with one attached hydrogen (secondary N) is 2. The van der Waals surface area contributed by atoms with Gasteiger partial charge < -0.3 is 20.3 Å². The minimum atomic E-state index is 0.206. The van der Waals surface area contributed by atoms with Crippen LogP contribution in [-0.2, 0) is 11.3 Å². The number of hydrogen-bond acceptors (Lipinski definition) is 3. The summed E-state index contributed by atoms with van der Waals surface area (Å²) in [5, 5.41) is 7.32. The van der Waals surface area contributed by atoms with Crippen molar-refractivity contribution < 1.29 is 9.53 Å². The van der Waals surface area contributed by atoms with Gasteiger partial charge in [-0.25, -0.2) is 4.99 Å². The number of rotatable bonds is 6. The van der Waals surface area contributed by atoms with Crippen molar-refractivity contribution in [1.29, 1.82) is 0 Å². The van der Waals surface area contributed by atoms with Crippen molar-refractivity contribution >= 4 is 23.5 Å². The first-order valence-corrected chi connectivity index (χ1v) is 9.10. The fraction of sp³-hybridized carbons (Fsp3) is 0.556. The Morgan fingerprint density at radius 3 is 2.92 bits per heavy atom. The van der Waals surface area contributed by atoms with Crippen LogP contribution in [0.4, 0.5) is 0 Å². The van der Waals surface area contributed by atoms with Gasteiger partial charge in [0.1, 0.15) is 5.75 Å². The Bertz CT molecular complexity index is 621. The van der Waals surface area contributed by atoms with Crippen molar-refractivity contribution in [3.05, 3.63) is 28.8 Å². The molecule has 1 heterocycles. The number of nitrogens with zero attached hydrogens (tertiary/aromatic N) is 2. The quantitative estimate of drug-likeness (QED) is 0.599. The minimum Gasteiger partial charge on any atom is -0.496 e. The third-order valence-electron chi connectivity index (χ3n) is 4.19. The van der Waals surface area contributed by atoms with Crippen LogP contribution in [0.3, 0.4) is 0 Å². The molecule has 0 bridgehead atoms. The molecule has 1 saturated heterocycles. The molecule has 1 aliphatic rings. The maximum absolute atomic E-state index is 11.8. The number of ether oxygens (including phenoxy) is 1. The molecule has 2 N–H and O–H groups in total. The van der Waals surface area contributed by atoms with E-state index in [1.165, 1.54) is 0 Å². The standard InChI is InChI=1S/C18H27ClN4O2/c1-4-17(24)23-9-8-15(12-23)22-18(20-5-2)21-11-13-6-7-14(19)10-16(13)25-3/h6-7,10,15H,4-5,8-9,11-12H2,1-3H3,(H2,20,21,22). The molecule has 0 spiro atoms. The summed E-state index contributed by atoms with van der Waals surface area (Å²) in [6, 6.07) is 5.77. The average molecular weight is 367 g/mol. The molecule has 6 nitrogen and oxygen atoms in total. The highest BCUT2D eigenvalue weighted by Gasteiger charge is 2.25. The highest BCUT2D eigenvalue weighted by molar-refractivity contribution is 6.30. The molecule has 1 aromatic carbocycles. The van der Waals surface area contributed by atoms with Crippen molar-refractivity contribution in [2.24, 2.45) is 4.99 Å². The van der Waals surface area contributed by atoms with E-state index in [2.05, 4.69) is 15.6 Å². The van der Waals surface area contributed by atoms with Gasteiger partial charge in [-0.2, -0.15) is 0 Å². The van der Waals surface area contributed by atoms with E-state index in [1.807, 2.05) is 30.9 Å². The van der Waals surface area contributed by atoms with Crippen LogP contribution in [0.1, 0.15) is 32.3 Å². The lowest BCUT2D eigenvalue weighted by Crippen LogP contribution is -2.45. The molecule has 0 aromatic heterocycles. The van der Waals surface area contributed by atoms with Gasteiger partial charge in [0.15, 0.2) is 5.96 Å². The summed E-state index contributed by atoms with van der Waals surface area (Å²) in [5.74, 6) is 1.68. The number of carbonyl (C=O) groups is 1. The Balaban J connectivity index is 2.00. The van der Waals surface area contributed by atoms with Crippen LogP contribution in [0.15, 0.2) is 23.2 Å². The lowest BCUT2D eigenvalue weighted by molar-refractivity contribution is -0.129. The third kappa shape index (κ3) is 5.53. The van der Waals surface area contributed by atoms with E-state index >= 15 is 0 Å². The number of aliphatic imine (C=N–C) groups is 1. The second-order valence-electron chi connectivity index (χ2n) is 5.97. The number of hydrogen-bond donors (Lipinski definition) is 2. The third-order valence-corrected chi connectivity index (χ3v) is 4.42. The van der Waals surface area contributed by atoms with Crippen molar-refractivity contribution in [3.63, 3.8) is 0 Å². The molecule has 1 fully saturated rings. The summed E-state index contributed by atoms with van der Waals surface area (Å²) in [5.41, 5.74) is 0.971. The zero-order valence-corrected chi connectivity index (χ0v) is 15.9. The second kappa shape index (κ2) is 9.51. The van der Waals surface area contributed by atoms with Crippen molar-refractivity contribution in [3.8, 4) is 5.75 Å². The Kier molecular flexibility index (Phi) is 7.37. The van der Waals surface area contributed by atoms with Gasteiger partial charge in [0.25, 0.3) is 0 Å². The van der Waals surface area contributed by atoms with Crippen molar-refractivity contribution in [2.75, 3.05) is 26.7 Å². The van der Waals surface area contributed by atoms with Crippen LogP contribution in [0, 0.1) is 0 Å². The van der Waals surface area contributed by atoms with Crippen molar-refractivity contribution in [2.45, 2.75) is 39.3 Å². The first-order valence-electron chi connectivity index (χ1n) is 8.72.